The van der Waals surface area contributed by atoms with Gasteiger partial charge in [0, 0.05) is 36.2 Å². The van der Waals surface area contributed by atoms with Crippen molar-refractivity contribution < 1.29 is 32.2 Å². The van der Waals surface area contributed by atoms with Gasteiger partial charge in [0.2, 0.25) is 5.91 Å². The predicted molar refractivity (Wildman–Crippen MR) is 157 cm³/mol. The smallest absolute Gasteiger partial charge is 0.418 e. The Morgan fingerprint density at radius 1 is 0.977 bits per heavy atom. The second-order valence-corrected chi connectivity index (χ2v) is 10.4. The summed E-state index contributed by atoms with van der Waals surface area (Å²) in [5.41, 5.74) is 1.54. The third-order valence-corrected chi connectivity index (χ3v) is 7.53. The highest BCUT2D eigenvalue weighted by atomic mass is 19.4. The summed E-state index contributed by atoms with van der Waals surface area (Å²) in [5, 5.41) is 3.46. The number of amides is 3. The fourth-order valence-electron chi connectivity index (χ4n) is 5.11. The zero-order valence-corrected chi connectivity index (χ0v) is 23.9. The molecule has 0 aliphatic heterocycles. The molecule has 226 valence electrons. The number of aromatic nitrogens is 1. The summed E-state index contributed by atoms with van der Waals surface area (Å²) in [6.45, 7) is 0.316. The van der Waals surface area contributed by atoms with Gasteiger partial charge in [0.05, 0.1) is 25.5 Å². The molecule has 0 saturated heterocycles. The fourth-order valence-corrected chi connectivity index (χ4v) is 5.11. The van der Waals surface area contributed by atoms with E-state index in [0.717, 1.165) is 28.1 Å². The lowest BCUT2D eigenvalue weighted by molar-refractivity contribution is -0.137. The van der Waals surface area contributed by atoms with Crippen LogP contribution in [0, 0.1) is 0 Å². The number of hydrogen-bond acceptors (Lipinski definition) is 4. The molecule has 43 heavy (non-hydrogen) atoms. The number of carbonyl (C=O) groups is 2. The number of nitrogens with one attached hydrogen (secondary N) is 2. The number of rotatable bonds is 11. The van der Waals surface area contributed by atoms with Gasteiger partial charge in [-0.15, -0.1) is 0 Å². The molecule has 1 fully saturated rings. The van der Waals surface area contributed by atoms with E-state index in [-0.39, 0.29) is 30.7 Å². The van der Waals surface area contributed by atoms with Crippen molar-refractivity contribution in [2.45, 2.75) is 38.0 Å². The van der Waals surface area contributed by atoms with Crippen LogP contribution in [0.2, 0.25) is 0 Å². The van der Waals surface area contributed by atoms with E-state index in [1.165, 1.54) is 30.2 Å². The van der Waals surface area contributed by atoms with Crippen molar-refractivity contribution in [2.24, 2.45) is 0 Å². The second kappa shape index (κ2) is 12.7. The molecular formula is C32H33F3N4O4. The summed E-state index contributed by atoms with van der Waals surface area (Å²) < 4.78 is 51.4. The number of benzene rings is 3. The van der Waals surface area contributed by atoms with Crippen molar-refractivity contribution in [3.8, 4) is 11.5 Å². The average Bonchev–Trinajstić information content (AvgIpc) is 3.76. The molecule has 0 unspecified atom stereocenters. The predicted octanol–water partition coefficient (Wildman–Crippen LogP) is 6.47. The Morgan fingerprint density at radius 2 is 1.70 bits per heavy atom. The van der Waals surface area contributed by atoms with Gasteiger partial charge in [0.1, 0.15) is 6.54 Å². The third-order valence-electron chi connectivity index (χ3n) is 7.53. The molecule has 5 rings (SSSR count). The van der Waals surface area contributed by atoms with E-state index in [4.69, 9.17) is 9.47 Å². The van der Waals surface area contributed by atoms with Gasteiger partial charge in [-0.05, 0) is 60.7 Å². The molecule has 1 aliphatic carbocycles. The maximum atomic E-state index is 13.8. The number of methoxy groups -OCH3 is 2. The number of alkyl halides is 3. The number of aromatic amines is 1. The quantitative estimate of drug-likeness (QED) is 0.208. The molecule has 2 N–H and O–H groups in total. The van der Waals surface area contributed by atoms with Crippen LogP contribution in [-0.2, 0) is 23.9 Å². The van der Waals surface area contributed by atoms with Gasteiger partial charge in [0.25, 0.3) is 0 Å². The van der Waals surface area contributed by atoms with E-state index in [0.29, 0.717) is 37.3 Å². The van der Waals surface area contributed by atoms with Gasteiger partial charge < -0.3 is 29.6 Å². The molecular weight excluding hydrogens is 561 g/mol. The first kappa shape index (κ1) is 29.8. The number of urea groups is 1. The Balaban J connectivity index is 1.37. The highest BCUT2D eigenvalue weighted by Crippen LogP contribution is 2.35. The van der Waals surface area contributed by atoms with Gasteiger partial charge >= 0.3 is 12.2 Å². The number of ether oxygens (including phenoxy) is 2. The van der Waals surface area contributed by atoms with Crippen LogP contribution in [0.25, 0.3) is 10.9 Å². The molecule has 1 heterocycles. The Kier molecular flexibility index (Phi) is 8.79. The average molecular weight is 595 g/mol. The van der Waals surface area contributed by atoms with Crippen molar-refractivity contribution in [2.75, 3.05) is 32.6 Å². The van der Waals surface area contributed by atoms with Gasteiger partial charge in [0.15, 0.2) is 11.5 Å². The zero-order valence-electron chi connectivity index (χ0n) is 23.9. The van der Waals surface area contributed by atoms with Gasteiger partial charge in [-0.1, -0.05) is 36.4 Å². The minimum absolute atomic E-state index is 0.224. The van der Waals surface area contributed by atoms with Crippen LogP contribution in [0.3, 0.4) is 0 Å². The summed E-state index contributed by atoms with van der Waals surface area (Å²) in [6, 6.07) is 17.1. The molecule has 8 nitrogen and oxygen atoms in total. The van der Waals surface area contributed by atoms with E-state index >= 15 is 0 Å². The molecule has 0 atom stereocenters. The first-order valence-electron chi connectivity index (χ1n) is 14.0. The molecule has 11 heteroatoms. The SMILES string of the molecule is COc1ccc(CN(CCc2c[nH]c3ccccc23)C(=O)CN(C(=O)Nc2ccccc2C(F)(F)F)C2CC2)cc1OC. The number of anilines is 1. The van der Waals surface area contributed by atoms with Crippen LogP contribution < -0.4 is 14.8 Å². The summed E-state index contributed by atoms with van der Waals surface area (Å²) in [7, 11) is 3.07. The van der Waals surface area contributed by atoms with Crippen LogP contribution in [0.4, 0.5) is 23.7 Å². The molecule has 3 amide bonds. The van der Waals surface area contributed by atoms with Crippen LogP contribution >= 0.6 is 0 Å². The Hall–Kier alpha value is -4.67. The molecule has 0 spiro atoms. The normalized spacial score (nSPS) is 13.0. The first-order chi connectivity index (χ1) is 20.7. The molecule has 1 aliphatic rings. The van der Waals surface area contributed by atoms with Crippen LogP contribution in [0.15, 0.2) is 72.9 Å². The molecule has 0 radical (unpaired) electrons. The minimum atomic E-state index is -4.64. The maximum Gasteiger partial charge on any atom is 0.418 e. The van der Waals surface area contributed by atoms with Crippen LogP contribution in [0.1, 0.15) is 29.5 Å². The van der Waals surface area contributed by atoms with Crippen molar-refractivity contribution in [1.29, 1.82) is 0 Å². The number of halogens is 3. The number of para-hydroxylation sites is 2. The number of nitrogens with zero attached hydrogens (tertiary/aromatic N) is 2. The van der Waals surface area contributed by atoms with Crippen LogP contribution in [-0.4, -0.2) is 60.1 Å². The van der Waals surface area contributed by atoms with E-state index in [1.807, 2.05) is 36.5 Å². The Bertz CT molecular complexity index is 1600. The minimum Gasteiger partial charge on any atom is -0.493 e. The van der Waals surface area contributed by atoms with Gasteiger partial charge in [-0.25, -0.2) is 4.79 Å². The first-order valence-corrected chi connectivity index (χ1v) is 14.0. The number of hydrogen-bond donors (Lipinski definition) is 2. The van der Waals surface area contributed by atoms with Crippen molar-refractivity contribution in [1.82, 2.24) is 14.8 Å². The summed E-state index contributed by atoms with van der Waals surface area (Å²) in [5.74, 6) is 0.755. The second-order valence-electron chi connectivity index (χ2n) is 10.4. The van der Waals surface area contributed by atoms with E-state index in [9.17, 15) is 22.8 Å². The Morgan fingerprint density at radius 3 is 2.42 bits per heavy atom. The molecule has 1 aromatic heterocycles. The van der Waals surface area contributed by atoms with E-state index < -0.39 is 17.8 Å². The number of H-pyrrole nitrogens is 1. The fraction of sp³-hybridized carbons (Fsp3) is 0.312. The zero-order chi connectivity index (χ0) is 30.6. The van der Waals surface area contributed by atoms with Crippen molar-refractivity contribution in [3.05, 3.63) is 89.6 Å². The van der Waals surface area contributed by atoms with E-state index in [2.05, 4.69) is 10.3 Å². The lowest BCUT2D eigenvalue weighted by Crippen LogP contribution is -2.46. The maximum absolute atomic E-state index is 13.8. The van der Waals surface area contributed by atoms with Crippen molar-refractivity contribution >= 4 is 28.5 Å². The monoisotopic (exact) mass is 594 g/mol. The summed E-state index contributed by atoms with van der Waals surface area (Å²) >= 11 is 0. The third kappa shape index (κ3) is 7.04. The molecule has 0 bridgehead atoms. The van der Waals surface area contributed by atoms with Crippen LogP contribution in [0.5, 0.6) is 11.5 Å². The highest BCUT2D eigenvalue weighted by molar-refractivity contribution is 5.93. The van der Waals surface area contributed by atoms with Crippen molar-refractivity contribution in [3.63, 3.8) is 0 Å². The summed E-state index contributed by atoms with van der Waals surface area (Å²) in [6.07, 6.45) is -0.814. The molecule has 1 saturated carbocycles. The van der Waals surface area contributed by atoms with Gasteiger partial charge in [-0.3, -0.25) is 4.79 Å². The largest absolute Gasteiger partial charge is 0.493 e. The number of carbonyl (C=O) groups excluding carboxylic acids is 2. The standard InChI is InChI=1S/C32H33F3N4O4/c1-42-28-14-11-21(17-29(28)43-2)19-38(16-15-22-18-36-26-9-5-3-7-24(22)26)30(40)20-39(23-12-13-23)31(41)37-27-10-6-4-8-25(27)32(33,34)35/h3-11,14,17-18,23,36H,12-13,15-16,19-20H2,1-2H3,(H,37,41). The molecule has 4 aromatic rings. The topological polar surface area (TPSA) is 86.9 Å². The highest BCUT2D eigenvalue weighted by Gasteiger charge is 2.37. The number of fused-ring (bicyclic) bond motifs is 1. The summed E-state index contributed by atoms with van der Waals surface area (Å²) in [4.78, 5) is 33.4. The van der Waals surface area contributed by atoms with E-state index in [1.54, 1.807) is 24.1 Å². The Labute approximate surface area is 247 Å². The lowest BCUT2D eigenvalue weighted by Gasteiger charge is -2.28. The van der Waals surface area contributed by atoms with Gasteiger partial charge in [-0.2, -0.15) is 13.2 Å². The lowest BCUT2D eigenvalue weighted by atomic mass is 10.1. The molecule has 3 aromatic carbocycles.